The number of carbonyl (C=O) groups excluding carboxylic acids is 1. The summed E-state index contributed by atoms with van der Waals surface area (Å²) in [6, 6.07) is 5.19. The molecule has 0 aliphatic carbocycles. The van der Waals surface area contributed by atoms with Crippen molar-refractivity contribution in [3.05, 3.63) is 36.4 Å². The first-order valence-electron chi connectivity index (χ1n) is 5.61. The lowest BCUT2D eigenvalue weighted by Gasteiger charge is -2.12. The monoisotopic (exact) mass is 234 g/mol. The second-order valence-electron chi connectivity index (χ2n) is 3.49. The van der Waals surface area contributed by atoms with E-state index in [-0.39, 0.29) is 5.91 Å². The molecule has 0 atom stereocenters. The standard InChI is InChI=1S/C13H18N2O2/c1-3-5-9-15-13(16)12-10(14)7-6-8-11(12)17-4-2/h3,6-8H,1,4-5,9,14H2,2H3,(H,15,16). The molecular formula is C13H18N2O2. The van der Waals surface area contributed by atoms with E-state index in [1.54, 1.807) is 24.3 Å². The first-order chi connectivity index (χ1) is 8.20. The van der Waals surface area contributed by atoms with E-state index < -0.39 is 0 Å². The Morgan fingerprint density at radius 1 is 1.59 bits per heavy atom. The summed E-state index contributed by atoms with van der Waals surface area (Å²) in [5, 5.41) is 2.77. The molecule has 3 N–H and O–H groups in total. The van der Waals surface area contributed by atoms with Crippen LogP contribution in [0.15, 0.2) is 30.9 Å². The average Bonchev–Trinajstić information content (AvgIpc) is 2.30. The van der Waals surface area contributed by atoms with Gasteiger partial charge in [0.15, 0.2) is 0 Å². The maximum absolute atomic E-state index is 11.9. The van der Waals surface area contributed by atoms with E-state index >= 15 is 0 Å². The highest BCUT2D eigenvalue weighted by Crippen LogP contribution is 2.24. The number of hydrogen-bond acceptors (Lipinski definition) is 3. The molecule has 0 heterocycles. The van der Waals surface area contributed by atoms with Crippen molar-refractivity contribution in [1.82, 2.24) is 5.32 Å². The van der Waals surface area contributed by atoms with Crippen molar-refractivity contribution in [1.29, 1.82) is 0 Å². The summed E-state index contributed by atoms with van der Waals surface area (Å²) in [7, 11) is 0. The number of rotatable bonds is 6. The average molecular weight is 234 g/mol. The van der Waals surface area contributed by atoms with Crippen molar-refractivity contribution in [2.45, 2.75) is 13.3 Å². The number of carbonyl (C=O) groups is 1. The third-order valence-corrected chi connectivity index (χ3v) is 2.22. The largest absolute Gasteiger partial charge is 0.493 e. The first kappa shape index (κ1) is 13.1. The van der Waals surface area contributed by atoms with Gasteiger partial charge < -0.3 is 15.8 Å². The van der Waals surface area contributed by atoms with E-state index in [0.717, 1.165) is 6.42 Å². The van der Waals surface area contributed by atoms with Crippen LogP contribution in [0.2, 0.25) is 0 Å². The minimum atomic E-state index is -0.214. The molecule has 0 radical (unpaired) electrons. The third kappa shape index (κ3) is 3.52. The van der Waals surface area contributed by atoms with Gasteiger partial charge in [0.1, 0.15) is 11.3 Å². The van der Waals surface area contributed by atoms with Crippen LogP contribution in [0.1, 0.15) is 23.7 Å². The number of hydrogen-bond donors (Lipinski definition) is 2. The zero-order valence-corrected chi connectivity index (χ0v) is 10.0. The van der Waals surface area contributed by atoms with Crippen molar-refractivity contribution in [3.63, 3.8) is 0 Å². The molecule has 0 saturated heterocycles. The Morgan fingerprint density at radius 3 is 3.00 bits per heavy atom. The van der Waals surface area contributed by atoms with Crippen molar-refractivity contribution < 1.29 is 9.53 Å². The fraction of sp³-hybridized carbons (Fsp3) is 0.308. The van der Waals surface area contributed by atoms with Gasteiger partial charge in [0.25, 0.3) is 5.91 Å². The Balaban J connectivity index is 2.86. The number of nitrogens with two attached hydrogens (primary N) is 1. The normalized spacial score (nSPS) is 9.71. The number of anilines is 1. The minimum absolute atomic E-state index is 0.214. The molecule has 1 rings (SSSR count). The molecule has 0 aliphatic rings. The van der Waals surface area contributed by atoms with Gasteiger partial charge in [0.2, 0.25) is 0 Å². The SMILES string of the molecule is C=CCCNC(=O)c1c(N)cccc1OCC. The zero-order chi connectivity index (χ0) is 12.7. The van der Waals surface area contributed by atoms with Crippen LogP contribution < -0.4 is 15.8 Å². The molecule has 17 heavy (non-hydrogen) atoms. The van der Waals surface area contributed by atoms with Crippen molar-refractivity contribution in [3.8, 4) is 5.75 Å². The van der Waals surface area contributed by atoms with E-state index in [9.17, 15) is 4.79 Å². The van der Waals surface area contributed by atoms with E-state index in [4.69, 9.17) is 10.5 Å². The Morgan fingerprint density at radius 2 is 2.35 bits per heavy atom. The molecule has 0 fully saturated rings. The fourth-order valence-corrected chi connectivity index (χ4v) is 1.44. The molecule has 0 spiro atoms. The predicted octanol–water partition coefficient (Wildman–Crippen LogP) is 1.97. The van der Waals surface area contributed by atoms with Crippen LogP contribution in [-0.2, 0) is 0 Å². The lowest BCUT2D eigenvalue weighted by molar-refractivity contribution is 0.0951. The highest BCUT2D eigenvalue weighted by atomic mass is 16.5. The zero-order valence-electron chi connectivity index (χ0n) is 10.0. The molecule has 4 nitrogen and oxygen atoms in total. The van der Waals surface area contributed by atoms with Crippen LogP contribution in [0, 0.1) is 0 Å². The van der Waals surface area contributed by atoms with Crippen LogP contribution in [-0.4, -0.2) is 19.1 Å². The smallest absolute Gasteiger partial charge is 0.257 e. The lowest BCUT2D eigenvalue weighted by atomic mass is 10.1. The quantitative estimate of drug-likeness (QED) is 0.449. The van der Waals surface area contributed by atoms with Crippen LogP contribution in [0.3, 0.4) is 0 Å². The molecule has 1 aromatic rings. The Bertz CT molecular complexity index is 402. The third-order valence-electron chi connectivity index (χ3n) is 2.22. The molecule has 0 bridgehead atoms. The van der Waals surface area contributed by atoms with Gasteiger partial charge in [-0.2, -0.15) is 0 Å². The van der Waals surface area contributed by atoms with Gasteiger partial charge in [-0.3, -0.25) is 4.79 Å². The number of nitrogens with one attached hydrogen (secondary N) is 1. The molecule has 92 valence electrons. The fourth-order valence-electron chi connectivity index (χ4n) is 1.44. The molecule has 0 unspecified atom stereocenters. The van der Waals surface area contributed by atoms with E-state index in [0.29, 0.717) is 30.2 Å². The minimum Gasteiger partial charge on any atom is -0.493 e. The van der Waals surface area contributed by atoms with E-state index in [1.807, 2.05) is 6.92 Å². The van der Waals surface area contributed by atoms with Crippen LogP contribution in [0.5, 0.6) is 5.75 Å². The second-order valence-corrected chi connectivity index (χ2v) is 3.49. The van der Waals surface area contributed by atoms with Gasteiger partial charge in [0.05, 0.1) is 6.61 Å². The molecule has 0 aliphatic heterocycles. The molecule has 1 aromatic carbocycles. The molecule has 0 saturated carbocycles. The Labute approximate surface area is 101 Å². The summed E-state index contributed by atoms with van der Waals surface area (Å²) in [6.45, 7) is 6.50. The van der Waals surface area contributed by atoms with Crippen LogP contribution >= 0.6 is 0 Å². The van der Waals surface area contributed by atoms with Gasteiger partial charge in [-0.05, 0) is 25.5 Å². The molecule has 1 amide bonds. The van der Waals surface area contributed by atoms with E-state index in [1.165, 1.54) is 0 Å². The van der Waals surface area contributed by atoms with Crippen molar-refractivity contribution in [2.24, 2.45) is 0 Å². The molecular weight excluding hydrogens is 216 g/mol. The maximum Gasteiger partial charge on any atom is 0.257 e. The first-order valence-corrected chi connectivity index (χ1v) is 5.61. The summed E-state index contributed by atoms with van der Waals surface area (Å²) in [5.41, 5.74) is 6.62. The van der Waals surface area contributed by atoms with Gasteiger partial charge in [0, 0.05) is 12.2 Å². The van der Waals surface area contributed by atoms with Gasteiger partial charge in [-0.25, -0.2) is 0 Å². The summed E-state index contributed by atoms with van der Waals surface area (Å²) in [6.07, 6.45) is 2.47. The summed E-state index contributed by atoms with van der Waals surface area (Å²) in [5.74, 6) is 0.303. The summed E-state index contributed by atoms with van der Waals surface area (Å²) >= 11 is 0. The summed E-state index contributed by atoms with van der Waals surface area (Å²) < 4.78 is 5.38. The van der Waals surface area contributed by atoms with Gasteiger partial charge in [-0.1, -0.05) is 12.1 Å². The number of amides is 1. The topological polar surface area (TPSA) is 64.4 Å². The van der Waals surface area contributed by atoms with Gasteiger partial charge in [-0.15, -0.1) is 6.58 Å². The van der Waals surface area contributed by atoms with E-state index in [2.05, 4.69) is 11.9 Å². The molecule has 4 heteroatoms. The number of nitrogen functional groups attached to an aromatic ring is 1. The highest BCUT2D eigenvalue weighted by molar-refractivity contribution is 6.01. The lowest BCUT2D eigenvalue weighted by Crippen LogP contribution is -2.25. The van der Waals surface area contributed by atoms with Crippen LogP contribution in [0.25, 0.3) is 0 Å². The number of ether oxygens (including phenoxy) is 1. The predicted molar refractivity (Wildman–Crippen MR) is 69.2 cm³/mol. The van der Waals surface area contributed by atoms with Crippen LogP contribution in [0.4, 0.5) is 5.69 Å². The maximum atomic E-state index is 11.9. The Hall–Kier alpha value is -1.97. The van der Waals surface area contributed by atoms with Gasteiger partial charge >= 0.3 is 0 Å². The summed E-state index contributed by atoms with van der Waals surface area (Å²) in [4.78, 5) is 11.9. The van der Waals surface area contributed by atoms with Crippen molar-refractivity contribution >= 4 is 11.6 Å². The second kappa shape index (κ2) is 6.58. The Kier molecular flexibility index (Phi) is 5.07. The number of benzene rings is 1. The highest BCUT2D eigenvalue weighted by Gasteiger charge is 2.15. The van der Waals surface area contributed by atoms with Crippen molar-refractivity contribution in [2.75, 3.05) is 18.9 Å². The molecule has 0 aromatic heterocycles.